The van der Waals surface area contributed by atoms with E-state index in [1.165, 1.54) is 24.5 Å². The van der Waals surface area contributed by atoms with E-state index < -0.39 is 10.8 Å². The van der Waals surface area contributed by atoms with E-state index in [0.717, 1.165) is 0 Å². The first kappa shape index (κ1) is 16.8. The molecule has 25 heavy (non-hydrogen) atoms. The topological polar surface area (TPSA) is 110 Å². The fourth-order valence-electron chi connectivity index (χ4n) is 2.52. The number of nitro groups is 1. The van der Waals surface area contributed by atoms with Crippen LogP contribution >= 0.6 is 0 Å². The lowest BCUT2D eigenvalue weighted by Crippen LogP contribution is -2.37. The van der Waals surface area contributed by atoms with Crippen LogP contribution in [0.15, 0.2) is 30.6 Å². The SMILES string of the molecule is Cc1cc([N+](=O)[O-])ccc1NC(=O)c1cc(N2CCOCC2)ncn1. The number of anilines is 2. The molecule has 0 aliphatic carbocycles. The number of hydrogen-bond acceptors (Lipinski definition) is 7. The van der Waals surface area contributed by atoms with E-state index in [-0.39, 0.29) is 11.4 Å². The summed E-state index contributed by atoms with van der Waals surface area (Å²) in [5.41, 5.74) is 1.31. The van der Waals surface area contributed by atoms with Gasteiger partial charge in [0.05, 0.1) is 18.1 Å². The van der Waals surface area contributed by atoms with Crippen molar-refractivity contribution in [2.45, 2.75) is 6.92 Å². The van der Waals surface area contributed by atoms with Gasteiger partial charge in [0.1, 0.15) is 17.8 Å². The first-order chi connectivity index (χ1) is 12.0. The molecule has 9 heteroatoms. The highest BCUT2D eigenvalue weighted by Crippen LogP contribution is 2.22. The van der Waals surface area contributed by atoms with Crippen molar-refractivity contribution in [3.05, 3.63) is 52.0 Å². The fourth-order valence-corrected chi connectivity index (χ4v) is 2.52. The zero-order chi connectivity index (χ0) is 17.8. The van der Waals surface area contributed by atoms with Crippen molar-refractivity contribution >= 4 is 23.1 Å². The first-order valence-electron chi connectivity index (χ1n) is 7.76. The molecule has 1 aliphatic heterocycles. The Labute approximate surface area is 143 Å². The van der Waals surface area contributed by atoms with Gasteiger partial charge in [0.15, 0.2) is 0 Å². The Bertz CT molecular complexity index is 805. The number of aromatic nitrogens is 2. The van der Waals surface area contributed by atoms with Crippen LogP contribution in [0.5, 0.6) is 0 Å². The van der Waals surface area contributed by atoms with Crippen LogP contribution in [0, 0.1) is 17.0 Å². The van der Waals surface area contributed by atoms with Crippen molar-refractivity contribution in [2.24, 2.45) is 0 Å². The van der Waals surface area contributed by atoms with Crippen molar-refractivity contribution in [3.63, 3.8) is 0 Å². The molecular formula is C16H17N5O4. The molecule has 0 atom stereocenters. The predicted octanol–water partition coefficient (Wildman–Crippen LogP) is 1.78. The molecule has 130 valence electrons. The van der Waals surface area contributed by atoms with Gasteiger partial charge in [-0.3, -0.25) is 14.9 Å². The third-order valence-corrected chi connectivity index (χ3v) is 3.89. The molecule has 2 aromatic rings. The number of aryl methyl sites for hydroxylation is 1. The molecule has 1 aromatic heterocycles. The fraction of sp³-hybridized carbons (Fsp3) is 0.312. The second-order valence-corrected chi connectivity index (χ2v) is 5.57. The van der Waals surface area contributed by atoms with Crippen LogP contribution in [-0.2, 0) is 4.74 Å². The average Bonchev–Trinajstić information content (AvgIpc) is 2.64. The summed E-state index contributed by atoms with van der Waals surface area (Å²) in [6.07, 6.45) is 1.35. The summed E-state index contributed by atoms with van der Waals surface area (Å²) < 4.78 is 5.31. The molecule has 1 aromatic carbocycles. The number of nitrogens with one attached hydrogen (secondary N) is 1. The molecule has 2 heterocycles. The Morgan fingerprint density at radius 1 is 1.28 bits per heavy atom. The first-order valence-corrected chi connectivity index (χ1v) is 7.76. The molecule has 0 spiro atoms. The second-order valence-electron chi connectivity index (χ2n) is 5.57. The van der Waals surface area contributed by atoms with E-state index in [9.17, 15) is 14.9 Å². The molecular weight excluding hydrogens is 326 g/mol. The molecule has 1 saturated heterocycles. The molecule has 1 fully saturated rings. The predicted molar refractivity (Wildman–Crippen MR) is 90.9 cm³/mol. The van der Waals surface area contributed by atoms with E-state index in [2.05, 4.69) is 15.3 Å². The van der Waals surface area contributed by atoms with Gasteiger partial charge in [-0.2, -0.15) is 0 Å². The highest BCUT2D eigenvalue weighted by atomic mass is 16.6. The molecule has 0 unspecified atom stereocenters. The molecule has 1 aliphatic rings. The van der Waals surface area contributed by atoms with Gasteiger partial charge in [-0.1, -0.05) is 0 Å². The molecule has 0 saturated carbocycles. The summed E-state index contributed by atoms with van der Waals surface area (Å²) in [4.78, 5) is 33.0. The summed E-state index contributed by atoms with van der Waals surface area (Å²) >= 11 is 0. The number of morpholine rings is 1. The number of rotatable bonds is 4. The van der Waals surface area contributed by atoms with Crippen LogP contribution in [0.4, 0.5) is 17.2 Å². The molecule has 0 bridgehead atoms. The van der Waals surface area contributed by atoms with Crippen molar-refractivity contribution in [1.29, 1.82) is 0 Å². The summed E-state index contributed by atoms with van der Waals surface area (Å²) in [5.74, 6) is 0.276. The normalized spacial score (nSPS) is 14.2. The Kier molecular flexibility index (Phi) is 4.85. The van der Waals surface area contributed by atoms with Gasteiger partial charge in [0, 0.05) is 37.0 Å². The lowest BCUT2D eigenvalue weighted by molar-refractivity contribution is -0.384. The van der Waals surface area contributed by atoms with Crippen LogP contribution in [-0.4, -0.2) is 47.1 Å². The van der Waals surface area contributed by atoms with E-state index in [1.54, 1.807) is 13.0 Å². The Balaban J connectivity index is 1.76. The van der Waals surface area contributed by atoms with Gasteiger partial charge in [0.2, 0.25) is 0 Å². The van der Waals surface area contributed by atoms with Crippen molar-refractivity contribution < 1.29 is 14.5 Å². The third kappa shape index (κ3) is 3.89. The minimum absolute atomic E-state index is 0.0212. The highest BCUT2D eigenvalue weighted by molar-refractivity contribution is 6.03. The Hall–Kier alpha value is -3.07. The van der Waals surface area contributed by atoms with Crippen LogP contribution < -0.4 is 10.2 Å². The summed E-state index contributed by atoms with van der Waals surface area (Å²) in [6, 6.07) is 5.90. The van der Waals surface area contributed by atoms with Crippen LogP contribution in [0.3, 0.4) is 0 Å². The Morgan fingerprint density at radius 3 is 2.72 bits per heavy atom. The quantitative estimate of drug-likeness (QED) is 0.665. The molecule has 1 N–H and O–H groups in total. The minimum atomic E-state index is -0.475. The zero-order valence-corrected chi connectivity index (χ0v) is 13.6. The largest absolute Gasteiger partial charge is 0.378 e. The Morgan fingerprint density at radius 2 is 2.04 bits per heavy atom. The van der Waals surface area contributed by atoms with Gasteiger partial charge in [-0.25, -0.2) is 9.97 Å². The summed E-state index contributed by atoms with van der Waals surface area (Å²) in [6.45, 7) is 4.35. The maximum absolute atomic E-state index is 12.4. The highest BCUT2D eigenvalue weighted by Gasteiger charge is 2.16. The van der Waals surface area contributed by atoms with E-state index in [1.807, 2.05) is 4.90 Å². The number of amides is 1. The van der Waals surface area contributed by atoms with Gasteiger partial charge in [-0.15, -0.1) is 0 Å². The monoisotopic (exact) mass is 343 g/mol. The zero-order valence-electron chi connectivity index (χ0n) is 13.6. The van der Waals surface area contributed by atoms with Gasteiger partial charge < -0.3 is 15.0 Å². The lowest BCUT2D eigenvalue weighted by atomic mass is 10.1. The maximum Gasteiger partial charge on any atom is 0.274 e. The van der Waals surface area contributed by atoms with E-state index in [0.29, 0.717) is 43.4 Å². The number of nitro benzene ring substituents is 1. The second kappa shape index (κ2) is 7.22. The summed E-state index contributed by atoms with van der Waals surface area (Å²) in [7, 11) is 0. The van der Waals surface area contributed by atoms with E-state index >= 15 is 0 Å². The van der Waals surface area contributed by atoms with Gasteiger partial charge in [-0.05, 0) is 18.6 Å². The van der Waals surface area contributed by atoms with Crippen molar-refractivity contribution in [1.82, 2.24) is 9.97 Å². The third-order valence-electron chi connectivity index (χ3n) is 3.89. The van der Waals surface area contributed by atoms with Crippen LogP contribution in [0.2, 0.25) is 0 Å². The number of benzene rings is 1. The minimum Gasteiger partial charge on any atom is -0.378 e. The standard InChI is InChI=1S/C16H17N5O4/c1-11-8-12(21(23)24)2-3-13(11)19-16(22)14-9-15(18-10-17-14)20-4-6-25-7-5-20/h2-3,8-10H,4-7H2,1H3,(H,19,22). The number of hydrogen-bond donors (Lipinski definition) is 1. The van der Waals surface area contributed by atoms with Gasteiger partial charge in [0.25, 0.3) is 11.6 Å². The van der Waals surface area contributed by atoms with Crippen LogP contribution in [0.1, 0.15) is 16.1 Å². The molecule has 1 amide bonds. The number of carbonyl (C=O) groups is 1. The molecule has 0 radical (unpaired) electrons. The smallest absolute Gasteiger partial charge is 0.274 e. The summed E-state index contributed by atoms with van der Waals surface area (Å²) in [5, 5.41) is 13.5. The molecule has 3 rings (SSSR count). The van der Waals surface area contributed by atoms with Crippen molar-refractivity contribution in [3.8, 4) is 0 Å². The number of ether oxygens (including phenoxy) is 1. The number of nitrogens with zero attached hydrogens (tertiary/aromatic N) is 4. The lowest BCUT2D eigenvalue weighted by Gasteiger charge is -2.27. The number of carbonyl (C=O) groups excluding carboxylic acids is 1. The van der Waals surface area contributed by atoms with Crippen molar-refractivity contribution in [2.75, 3.05) is 36.5 Å². The van der Waals surface area contributed by atoms with E-state index in [4.69, 9.17) is 4.74 Å². The molecule has 9 nitrogen and oxygen atoms in total. The van der Waals surface area contributed by atoms with Crippen LogP contribution in [0.25, 0.3) is 0 Å². The van der Waals surface area contributed by atoms with Gasteiger partial charge >= 0.3 is 0 Å². The average molecular weight is 343 g/mol. The maximum atomic E-state index is 12.4. The number of non-ortho nitro benzene ring substituents is 1.